The summed E-state index contributed by atoms with van der Waals surface area (Å²) in [5.74, 6) is 0.314. The van der Waals surface area contributed by atoms with Crippen LogP contribution in [0.4, 0.5) is 0 Å². The van der Waals surface area contributed by atoms with Crippen molar-refractivity contribution in [2.24, 2.45) is 5.92 Å². The molecule has 1 saturated carbocycles. The standard InChI is InChI=1S/C12H21N5O2S/c1-9(7-18)6-13-11(19)8-20-12-14-15-16-17(12)10-4-2-3-5-10/h9-10,18H,2-8H2,1H3,(H,13,19). The van der Waals surface area contributed by atoms with Crippen LogP contribution in [0.15, 0.2) is 5.16 Å². The first kappa shape index (κ1) is 15.2. The Morgan fingerprint density at radius 1 is 1.55 bits per heavy atom. The molecule has 20 heavy (non-hydrogen) atoms. The molecular formula is C12H21N5O2S. The van der Waals surface area contributed by atoms with E-state index in [1.54, 1.807) is 0 Å². The van der Waals surface area contributed by atoms with E-state index < -0.39 is 0 Å². The molecule has 1 aromatic rings. The van der Waals surface area contributed by atoms with E-state index in [0.29, 0.717) is 23.5 Å². The molecule has 8 heteroatoms. The maximum absolute atomic E-state index is 11.7. The van der Waals surface area contributed by atoms with Crippen LogP contribution in [0.5, 0.6) is 0 Å². The first-order valence-corrected chi connectivity index (χ1v) is 7.97. The monoisotopic (exact) mass is 299 g/mol. The van der Waals surface area contributed by atoms with Gasteiger partial charge in [0.2, 0.25) is 11.1 Å². The Kier molecular flexibility index (Phi) is 5.78. The molecule has 1 amide bonds. The number of amides is 1. The number of hydrogen-bond acceptors (Lipinski definition) is 6. The lowest BCUT2D eigenvalue weighted by atomic mass is 10.2. The first-order valence-electron chi connectivity index (χ1n) is 6.99. The maximum Gasteiger partial charge on any atom is 0.230 e. The highest BCUT2D eigenvalue weighted by Gasteiger charge is 2.22. The van der Waals surface area contributed by atoms with Crippen LogP contribution >= 0.6 is 11.8 Å². The molecule has 1 aliphatic carbocycles. The predicted octanol–water partition coefficient (Wildman–Crippen LogP) is 0.625. The highest BCUT2D eigenvalue weighted by Crippen LogP contribution is 2.31. The second-order valence-corrected chi connectivity index (χ2v) is 6.17. The van der Waals surface area contributed by atoms with Gasteiger partial charge in [0.05, 0.1) is 11.8 Å². The number of nitrogens with one attached hydrogen (secondary N) is 1. The number of rotatable bonds is 7. The maximum atomic E-state index is 11.7. The number of aliphatic hydroxyl groups excluding tert-OH is 1. The second-order valence-electron chi connectivity index (χ2n) is 5.22. The summed E-state index contributed by atoms with van der Waals surface area (Å²) in [5, 5.41) is 24.1. The van der Waals surface area contributed by atoms with Crippen LogP contribution in [0.1, 0.15) is 38.6 Å². The molecule has 0 aliphatic heterocycles. The molecular weight excluding hydrogens is 278 g/mol. The molecule has 1 unspecified atom stereocenters. The molecule has 0 radical (unpaired) electrons. The minimum absolute atomic E-state index is 0.0590. The molecule has 1 heterocycles. The molecule has 1 fully saturated rings. The number of thioether (sulfide) groups is 1. The molecule has 112 valence electrons. The van der Waals surface area contributed by atoms with Gasteiger partial charge in [0.15, 0.2) is 0 Å². The van der Waals surface area contributed by atoms with Crippen molar-refractivity contribution < 1.29 is 9.90 Å². The number of hydrogen-bond donors (Lipinski definition) is 2. The van der Waals surface area contributed by atoms with E-state index in [9.17, 15) is 4.79 Å². The topological polar surface area (TPSA) is 92.9 Å². The average Bonchev–Trinajstić information content (AvgIpc) is 3.12. The molecule has 1 aromatic heterocycles. The van der Waals surface area contributed by atoms with Gasteiger partial charge >= 0.3 is 0 Å². The third kappa shape index (κ3) is 4.17. The number of aromatic nitrogens is 4. The fraction of sp³-hybridized carbons (Fsp3) is 0.833. The van der Waals surface area contributed by atoms with Gasteiger partial charge in [-0.2, -0.15) is 0 Å². The van der Waals surface area contributed by atoms with E-state index in [4.69, 9.17) is 5.11 Å². The lowest BCUT2D eigenvalue weighted by Crippen LogP contribution is -2.30. The van der Waals surface area contributed by atoms with E-state index >= 15 is 0 Å². The Balaban J connectivity index is 1.79. The van der Waals surface area contributed by atoms with Gasteiger partial charge < -0.3 is 10.4 Å². The van der Waals surface area contributed by atoms with Crippen molar-refractivity contribution in [2.45, 2.75) is 43.8 Å². The summed E-state index contributed by atoms with van der Waals surface area (Å²) >= 11 is 1.36. The summed E-state index contributed by atoms with van der Waals surface area (Å²) in [6, 6.07) is 0.380. The summed E-state index contributed by atoms with van der Waals surface area (Å²) in [5.41, 5.74) is 0. The van der Waals surface area contributed by atoms with E-state index in [1.807, 2.05) is 11.6 Å². The summed E-state index contributed by atoms with van der Waals surface area (Å²) in [6.45, 7) is 2.45. The average molecular weight is 299 g/mol. The number of carbonyl (C=O) groups excluding carboxylic acids is 1. The fourth-order valence-corrected chi connectivity index (χ4v) is 2.97. The van der Waals surface area contributed by atoms with Gasteiger partial charge in [-0.25, -0.2) is 4.68 Å². The van der Waals surface area contributed by atoms with Gasteiger partial charge in [0.25, 0.3) is 0 Å². The lowest BCUT2D eigenvalue weighted by molar-refractivity contribution is -0.118. The highest BCUT2D eigenvalue weighted by molar-refractivity contribution is 7.99. The quantitative estimate of drug-likeness (QED) is 0.717. The van der Waals surface area contributed by atoms with Gasteiger partial charge in [-0.3, -0.25) is 4.79 Å². The Bertz CT molecular complexity index is 433. The Hall–Kier alpha value is -1.15. The molecule has 7 nitrogen and oxygen atoms in total. The molecule has 0 bridgehead atoms. The van der Waals surface area contributed by atoms with Crippen molar-refractivity contribution in [1.82, 2.24) is 25.5 Å². The van der Waals surface area contributed by atoms with E-state index in [1.165, 1.54) is 24.6 Å². The number of carbonyl (C=O) groups is 1. The zero-order chi connectivity index (χ0) is 14.4. The van der Waals surface area contributed by atoms with Crippen LogP contribution in [0.2, 0.25) is 0 Å². The van der Waals surface area contributed by atoms with Crippen molar-refractivity contribution in [3.63, 3.8) is 0 Å². The number of nitrogens with zero attached hydrogens (tertiary/aromatic N) is 4. The Morgan fingerprint density at radius 3 is 3.00 bits per heavy atom. The van der Waals surface area contributed by atoms with Crippen LogP contribution in [0.3, 0.4) is 0 Å². The molecule has 0 aromatic carbocycles. The summed E-state index contributed by atoms with van der Waals surface area (Å²) in [7, 11) is 0. The van der Waals surface area contributed by atoms with E-state index in [-0.39, 0.29) is 18.4 Å². The van der Waals surface area contributed by atoms with Gasteiger partial charge in [0, 0.05) is 13.2 Å². The lowest BCUT2D eigenvalue weighted by Gasteiger charge is -2.11. The normalized spacial score (nSPS) is 17.3. The molecule has 0 saturated heterocycles. The third-order valence-electron chi connectivity index (χ3n) is 3.42. The zero-order valence-electron chi connectivity index (χ0n) is 11.7. The summed E-state index contributed by atoms with van der Waals surface area (Å²) < 4.78 is 1.85. The van der Waals surface area contributed by atoms with Crippen LogP contribution in [-0.2, 0) is 4.79 Å². The van der Waals surface area contributed by atoms with Crippen LogP contribution < -0.4 is 5.32 Å². The van der Waals surface area contributed by atoms with Crippen molar-refractivity contribution in [2.75, 3.05) is 18.9 Å². The Morgan fingerprint density at radius 2 is 2.30 bits per heavy atom. The molecule has 1 aliphatic rings. The van der Waals surface area contributed by atoms with Crippen LogP contribution in [-0.4, -0.2) is 50.1 Å². The SMILES string of the molecule is CC(CO)CNC(=O)CSc1nnnn1C1CCCC1. The number of tetrazole rings is 1. The van der Waals surface area contributed by atoms with Crippen molar-refractivity contribution in [3.05, 3.63) is 0 Å². The largest absolute Gasteiger partial charge is 0.396 e. The van der Waals surface area contributed by atoms with E-state index in [0.717, 1.165) is 12.8 Å². The van der Waals surface area contributed by atoms with Gasteiger partial charge in [-0.1, -0.05) is 31.5 Å². The molecule has 1 atom stereocenters. The number of aliphatic hydroxyl groups is 1. The minimum Gasteiger partial charge on any atom is -0.396 e. The van der Waals surface area contributed by atoms with Gasteiger partial charge in [-0.05, 0) is 29.2 Å². The molecule has 2 N–H and O–H groups in total. The molecule has 0 spiro atoms. The minimum atomic E-state index is -0.0590. The van der Waals surface area contributed by atoms with Crippen molar-refractivity contribution in [3.8, 4) is 0 Å². The summed E-state index contributed by atoms with van der Waals surface area (Å²) in [6.07, 6.45) is 4.65. The van der Waals surface area contributed by atoms with Crippen molar-refractivity contribution >= 4 is 17.7 Å². The first-order chi connectivity index (χ1) is 9.70. The predicted molar refractivity (Wildman–Crippen MR) is 75.3 cm³/mol. The van der Waals surface area contributed by atoms with E-state index in [2.05, 4.69) is 20.8 Å². The Labute approximate surface area is 122 Å². The second kappa shape index (κ2) is 7.58. The van der Waals surface area contributed by atoms with Gasteiger partial charge in [-0.15, -0.1) is 5.10 Å². The van der Waals surface area contributed by atoms with Crippen LogP contribution in [0.25, 0.3) is 0 Å². The fourth-order valence-electron chi connectivity index (χ4n) is 2.19. The summed E-state index contributed by atoms with van der Waals surface area (Å²) in [4.78, 5) is 11.7. The van der Waals surface area contributed by atoms with Gasteiger partial charge in [0.1, 0.15) is 0 Å². The molecule has 2 rings (SSSR count). The zero-order valence-corrected chi connectivity index (χ0v) is 12.5. The van der Waals surface area contributed by atoms with Crippen molar-refractivity contribution in [1.29, 1.82) is 0 Å². The highest BCUT2D eigenvalue weighted by atomic mass is 32.2. The third-order valence-corrected chi connectivity index (χ3v) is 4.36. The van der Waals surface area contributed by atoms with Crippen LogP contribution in [0, 0.1) is 5.92 Å². The smallest absolute Gasteiger partial charge is 0.230 e.